The highest BCUT2D eigenvalue weighted by atomic mass is 32.1. The predicted molar refractivity (Wildman–Crippen MR) is 94.1 cm³/mol. The average molecular weight is 346 g/mol. The first-order valence-electron chi connectivity index (χ1n) is 7.99. The summed E-state index contributed by atoms with van der Waals surface area (Å²) < 4.78 is 0. The molecule has 0 radical (unpaired) electrons. The Bertz CT molecular complexity index is 701. The standard InChI is InChI=1S/C16H22N6OS/c1-11-14(24-10-18-11)9-21(2)7-12-5-6-22(8-12)15-4-3-13(16(17)23)19-20-15/h3-4,10,12H,5-9H2,1-2H3,(H2,17,23). The van der Waals surface area contributed by atoms with Gasteiger partial charge in [-0.2, -0.15) is 0 Å². The Morgan fingerprint density at radius 3 is 2.92 bits per heavy atom. The second-order valence-corrected chi connectivity index (χ2v) is 7.24. The van der Waals surface area contributed by atoms with Gasteiger partial charge in [0, 0.05) is 31.1 Å². The zero-order valence-corrected chi connectivity index (χ0v) is 14.8. The molecule has 1 amide bonds. The lowest BCUT2D eigenvalue weighted by atomic mass is 10.1. The summed E-state index contributed by atoms with van der Waals surface area (Å²) in [7, 11) is 2.16. The van der Waals surface area contributed by atoms with Crippen molar-refractivity contribution in [3.63, 3.8) is 0 Å². The van der Waals surface area contributed by atoms with Crippen LogP contribution in [0.3, 0.4) is 0 Å². The van der Waals surface area contributed by atoms with Crippen LogP contribution in [0.15, 0.2) is 17.6 Å². The number of carbonyl (C=O) groups excluding carboxylic acids is 1. The minimum Gasteiger partial charge on any atom is -0.364 e. The molecule has 0 saturated carbocycles. The molecule has 24 heavy (non-hydrogen) atoms. The summed E-state index contributed by atoms with van der Waals surface area (Å²) in [6, 6.07) is 3.45. The summed E-state index contributed by atoms with van der Waals surface area (Å²) >= 11 is 1.72. The maximum atomic E-state index is 11.1. The van der Waals surface area contributed by atoms with Gasteiger partial charge in [0.15, 0.2) is 11.5 Å². The largest absolute Gasteiger partial charge is 0.364 e. The van der Waals surface area contributed by atoms with E-state index in [1.54, 1.807) is 17.4 Å². The number of hydrogen-bond acceptors (Lipinski definition) is 7. The molecule has 128 valence electrons. The molecule has 3 rings (SSSR count). The van der Waals surface area contributed by atoms with Crippen molar-refractivity contribution in [2.24, 2.45) is 11.7 Å². The lowest BCUT2D eigenvalue weighted by Crippen LogP contribution is -2.28. The van der Waals surface area contributed by atoms with Crippen LogP contribution in [0.25, 0.3) is 0 Å². The summed E-state index contributed by atoms with van der Waals surface area (Å²) in [4.78, 5) is 21.3. The summed E-state index contributed by atoms with van der Waals surface area (Å²) in [5.41, 5.74) is 8.44. The van der Waals surface area contributed by atoms with Gasteiger partial charge in [0.25, 0.3) is 5.91 Å². The fourth-order valence-electron chi connectivity index (χ4n) is 3.04. The second kappa shape index (κ2) is 7.23. The van der Waals surface area contributed by atoms with E-state index in [1.165, 1.54) is 4.88 Å². The van der Waals surface area contributed by atoms with E-state index in [0.29, 0.717) is 5.92 Å². The Labute approximate surface area is 145 Å². The molecule has 0 bridgehead atoms. The molecule has 1 aliphatic heterocycles. The van der Waals surface area contributed by atoms with Crippen LogP contribution < -0.4 is 10.6 Å². The third kappa shape index (κ3) is 3.88. The van der Waals surface area contributed by atoms with E-state index in [1.807, 2.05) is 11.6 Å². The van der Waals surface area contributed by atoms with Crippen molar-refractivity contribution in [3.05, 3.63) is 33.9 Å². The number of nitrogens with two attached hydrogens (primary N) is 1. The number of nitrogens with zero attached hydrogens (tertiary/aromatic N) is 5. The fraction of sp³-hybridized carbons (Fsp3) is 0.500. The minimum absolute atomic E-state index is 0.203. The molecule has 1 unspecified atom stereocenters. The Morgan fingerprint density at radius 1 is 1.46 bits per heavy atom. The third-order valence-corrected chi connectivity index (χ3v) is 5.26. The SMILES string of the molecule is Cc1ncsc1CN(C)CC1CCN(c2ccc(C(N)=O)nn2)C1. The number of amides is 1. The summed E-state index contributed by atoms with van der Waals surface area (Å²) in [6.45, 7) is 5.96. The van der Waals surface area contributed by atoms with Gasteiger partial charge in [-0.3, -0.25) is 4.79 Å². The van der Waals surface area contributed by atoms with Gasteiger partial charge in [-0.1, -0.05) is 0 Å². The molecule has 0 aliphatic carbocycles. The van der Waals surface area contributed by atoms with Gasteiger partial charge >= 0.3 is 0 Å². The topological polar surface area (TPSA) is 88.2 Å². The number of hydrogen-bond donors (Lipinski definition) is 1. The van der Waals surface area contributed by atoms with Crippen molar-refractivity contribution in [2.75, 3.05) is 31.6 Å². The molecule has 1 saturated heterocycles. The Hall–Kier alpha value is -2.06. The normalized spacial score (nSPS) is 17.6. The molecular formula is C16H22N6OS. The van der Waals surface area contributed by atoms with E-state index in [4.69, 9.17) is 5.73 Å². The number of anilines is 1. The summed E-state index contributed by atoms with van der Waals surface area (Å²) in [6.07, 6.45) is 1.13. The number of aromatic nitrogens is 3. The first-order chi connectivity index (χ1) is 11.5. The highest BCUT2D eigenvalue weighted by Crippen LogP contribution is 2.23. The van der Waals surface area contributed by atoms with Crippen LogP contribution in [0.1, 0.15) is 27.5 Å². The molecule has 0 aromatic carbocycles. The van der Waals surface area contributed by atoms with Crippen molar-refractivity contribution < 1.29 is 4.79 Å². The monoisotopic (exact) mass is 346 g/mol. The predicted octanol–water partition coefficient (Wildman–Crippen LogP) is 1.30. The summed E-state index contributed by atoms with van der Waals surface area (Å²) in [5.74, 6) is 0.859. The molecule has 1 aliphatic rings. The van der Waals surface area contributed by atoms with Crippen LogP contribution in [0.2, 0.25) is 0 Å². The van der Waals surface area contributed by atoms with Crippen molar-refractivity contribution in [2.45, 2.75) is 19.9 Å². The smallest absolute Gasteiger partial charge is 0.269 e. The highest BCUT2D eigenvalue weighted by molar-refractivity contribution is 7.09. The molecule has 0 spiro atoms. The van der Waals surface area contributed by atoms with Crippen molar-refractivity contribution in [1.82, 2.24) is 20.1 Å². The molecular weight excluding hydrogens is 324 g/mol. The van der Waals surface area contributed by atoms with Crippen LogP contribution in [0.5, 0.6) is 0 Å². The number of carbonyl (C=O) groups is 1. The van der Waals surface area contributed by atoms with Gasteiger partial charge in [-0.15, -0.1) is 21.5 Å². The first-order valence-corrected chi connectivity index (χ1v) is 8.87. The van der Waals surface area contributed by atoms with E-state index in [2.05, 4.69) is 39.0 Å². The number of aryl methyl sites for hydroxylation is 1. The fourth-order valence-corrected chi connectivity index (χ4v) is 3.90. The van der Waals surface area contributed by atoms with Gasteiger partial charge in [-0.05, 0) is 38.4 Å². The molecule has 2 aromatic heterocycles. The molecule has 7 nitrogen and oxygen atoms in total. The lowest BCUT2D eigenvalue weighted by Gasteiger charge is -2.21. The zero-order valence-electron chi connectivity index (χ0n) is 14.0. The molecule has 2 aromatic rings. The van der Waals surface area contributed by atoms with Crippen LogP contribution in [0, 0.1) is 12.8 Å². The van der Waals surface area contributed by atoms with Crippen molar-refractivity contribution in [3.8, 4) is 0 Å². The third-order valence-electron chi connectivity index (χ3n) is 4.34. The lowest BCUT2D eigenvalue weighted by molar-refractivity contribution is 0.0994. The van der Waals surface area contributed by atoms with Crippen LogP contribution in [-0.4, -0.2) is 52.7 Å². The van der Waals surface area contributed by atoms with Crippen molar-refractivity contribution in [1.29, 1.82) is 0 Å². The number of primary amides is 1. The molecule has 3 heterocycles. The van der Waals surface area contributed by atoms with E-state index in [0.717, 1.165) is 44.1 Å². The number of thiazole rings is 1. The van der Waals surface area contributed by atoms with E-state index >= 15 is 0 Å². The van der Waals surface area contributed by atoms with E-state index in [9.17, 15) is 4.79 Å². The maximum Gasteiger partial charge on any atom is 0.269 e. The second-order valence-electron chi connectivity index (χ2n) is 6.30. The van der Waals surface area contributed by atoms with Crippen LogP contribution in [-0.2, 0) is 6.54 Å². The van der Waals surface area contributed by atoms with Crippen LogP contribution in [0.4, 0.5) is 5.82 Å². The van der Waals surface area contributed by atoms with Gasteiger partial charge in [0.05, 0.1) is 11.2 Å². The Balaban J connectivity index is 1.53. The molecule has 1 atom stereocenters. The van der Waals surface area contributed by atoms with Gasteiger partial charge in [-0.25, -0.2) is 4.98 Å². The van der Waals surface area contributed by atoms with E-state index < -0.39 is 5.91 Å². The van der Waals surface area contributed by atoms with Gasteiger partial charge < -0.3 is 15.5 Å². The minimum atomic E-state index is -0.548. The summed E-state index contributed by atoms with van der Waals surface area (Å²) in [5, 5.41) is 8.01. The molecule has 2 N–H and O–H groups in total. The Morgan fingerprint density at radius 2 is 2.29 bits per heavy atom. The molecule has 8 heteroatoms. The van der Waals surface area contributed by atoms with Gasteiger partial charge in [0.2, 0.25) is 0 Å². The first kappa shape index (κ1) is 16.8. The molecule has 1 fully saturated rings. The average Bonchev–Trinajstić information content (AvgIpc) is 3.17. The zero-order chi connectivity index (χ0) is 17.1. The maximum absolute atomic E-state index is 11.1. The quantitative estimate of drug-likeness (QED) is 0.848. The highest BCUT2D eigenvalue weighted by Gasteiger charge is 2.25. The number of rotatable bonds is 6. The van der Waals surface area contributed by atoms with Gasteiger partial charge in [0.1, 0.15) is 0 Å². The van der Waals surface area contributed by atoms with E-state index in [-0.39, 0.29) is 5.69 Å². The Kier molecular flexibility index (Phi) is 5.06. The van der Waals surface area contributed by atoms with Crippen LogP contribution >= 0.6 is 11.3 Å². The van der Waals surface area contributed by atoms with Crippen molar-refractivity contribution >= 4 is 23.1 Å².